The van der Waals surface area contributed by atoms with Gasteiger partial charge in [0.1, 0.15) is 0 Å². The van der Waals surface area contributed by atoms with E-state index in [0.717, 1.165) is 23.5 Å². The highest BCUT2D eigenvalue weighted by Gasteiger charge is 2.39. The molecular weight excluding hydrogens is 259 g/mol. The molecule has 2 heterocycles. The second kappa shape index (κ2) is 5.91. The summed E-state index contributed by atoms with van der Waals surface area (Å²) in [5, 5.41) is 10.2. The smallest absolute Gasteiger partial charge is 0.258 e. The molecule has 0 saturated carbocycles. The maximum atomic E-state index is 14.5. The highest BCUT2D eigenvalue weighted by atomic mass is 19.1. The van der Waals surface area contributed by atoms with E-state index < -0.39 is 11.6 Å². The van der Waals surface area contributed by atoms with Gasteiger partial charge in [-0.05, 0) is 33.9 Å². The molecule has 2 rings (SSSR count). The monoisotopic (exact) mass is 282 g/mol. The maximum absolute atomic E-state index is 14.5. The Balaban J connectivity index is 2.01. The number of alkyl halides is 1. The van der Waals surface area contributed by atoms with Crippen LogP contribution in [0.5, 0.6) is 0 Å². The molecule has 0 bridgehead atoms. The average molecular weight is 282 g/mol. The Hall–Kier alpha value is -1.43. The van der Waals surface area contributed by atoms with E-state index in [-0.39, 0.29) is 12.8 Å². The van der Waals surface area contributed by atoms with Gasteiger partial charge in [-0.25, -0.2) is 4.39 Å². The lowest BCUT2D eigenvalue weighted by Gasteiger charge is -2.28. The Kier molecular flexibility index (Phi) is 4.42. The molecule has 0 atom stereocenters. The molecule has 1 saturated heterocycles. The molecule has 1 aromatic heterocycles. The molecule has 0 aliphatic carbocycles. The molecule has 0 spiro atoms. The number of hydrogen-bond acceptors (Lipinski definition) is 3. The van der Waals surface area contributed by atoms with Gasteiger partial charge < -0.3 is 10.6 Å². The van der Waals surface area contributed by atoms with Crippen LogP contribution in [0.15, 0.2) is 0 Å². The number of piperidine rings is 1. The lowest BCUT2D eigenvalue weighted by Crippen LogP contribution is -2.49. The fourth-order valence-corrected chi connectivity index (χ4v) is 2.67. The zero-order valence-electron chi connectivity index (χ0n) is 12.4. The van der Waals surface area contributed by atoms with Gasteiger partial charge in [0.15, 0.2) is 5.67 Å². The zero-order valence-corrected chi connectivity index (χ0v) is 12.4. The highest BCUT2D eigenvalue weighted by molar-refractivity contribution is 5.85. The van der Waals surface area contributed by atoms with Crippen LogP contribution in [0.1, 0.15) is 36.7 Å². The standard InChI is InChI=1S/C14H23FN4O/c1-4-19-11(3)12(10(2)18-19)9-17-13(20)14(15)5-7-16-8-6-14/h16H,4-9H2,1-3H3,(H,17,20). The van der Waals surface area contributed by atoms with Crippen molar-refractivity contribution in [2.45, 2.75) is 52.4 Å². The highest BCUT2D eigenvalue weighted by Crippen LogP contribution is 2.23. The van der Waals surface area contributed by atoms with E-state index in [1.807, 2.05) is 25.5 Å². The van der Waals surface area contributed by atoms with Crippen molar-refractivity contribution >= 4 is 5.91 Å². The molecule has 6 heteroatoms. The second-order valence-corrected chi connectivity index (χ2v) is 5.36. The molecule has 20 heavy (non-hydrogen) atoms. The van der Waals surface area contributed by atoms with Crippen molar-refractivity contribution in [3.8, 4) is 0 Å². The quantitative estimate of drug-likeness (QED) is 0.873. The third-order valence-corrected chi connectivity index (χ3v) is 4.06. The number of hydrogen-bond donors (Lipinski definition) is 2. The predicted octanol–water partition coefficient (Wildman–Crippen LogP) is 1.23. The molecular formula is C14H23FN4O. The summed E-state index contributed by atoms with van der Waals surface area (Å²) >= 11 is 0. The van der Waals surface area contributed by atoms with Gasteiger partial charge in [0.05, 0.1) is 5.69 Å². The number of carbonyl (C=O) groups is 1. The van der Waals surface area contributed by atoms with Crippen LogP contribution in [0.4, 0.5) is 4.39 Å². The largest absolute Gasteiger partial charge is 0.349 e. The summed E-state index contributed by atoms with van der Waals surface area (Å²) < 4.78 is 16.4. The van der Waals surface area contributed by atoms with Crippen LogP contribution in [-0.4, -0.2) is 34.4 Å². The van der Waals surface area contributed by atoms with Crippen LogP contribution in [0.3, 0.4) is 0 Å². The summed E-state index contributed by atoms with van der Waals surface area (Å²) in [7, 11) is 0. The Bertz CT molecular complexity index is 492. The summed E-state index contributed by atoms with van der Waals surface area (Å²) in [4.78, 5) is 12.1. The van der Waals surface area contributed by atoms with Crippen LogP contribution < -0.4 is 10.6 Å². The lowest BCUT2D eigenvalue weighted by molar-refractivity contribution is -0.134. The SMILES string of the molecule is CCn1nc(C)c(CNC(=O)C2(F)CCNCC2)c1C. The minimum atomic E-state index is -1.73. The molecule has 1 aliphatic heterocycles. The van der Waals surface area contributed by atoms with Gasteiger partial charge >= 0.3 is 0 Å². The molecule has 0 aromatic carbocycles. The summed E-state index contributed by atoms with van der Waals surface area (Å²) in [6.45, 7) is 8.14. The topological polar surface area (TPSA) is 59.0 Å². The minimum absolute atomic E-state index is 0.241. The van der Waals surface area contributed by atoms with Crippen LogP contribution in [0.25, 0.3) is 0 Å². The van der Waals surface area contributed by atoms with Gasteiger partial charge in [-0.15, -0.1) is 0 Å². The van der Waals surface area contributed by atoms with E-state index in [1.165, 1.54) is 0 Å². The molecule has 1 fully saturated rings. The fraction of sp³-hybridized carbons (Fsp3) is 0.714. The second-order valence-electron chi connectivity index (χ2n) is 5.36. The van der Waals surface area contributed by atoms with Crippen LogP contribution >= 0.6 is 0 Å². The first kappa shape index (κ1) is 15.0. The third-order valence-electron chi connectivity index (χ3n) is 4.06. The molecule has 0 radical (unpaired) electrons. The van der Waals surface area contributed by atoms with E-state index in [4.69, 9.17) is 0 Å². The van der Waals surface area contributed by atoms with Gasteiger partial charge in [0.2, 0.25) is 0 Å². The van der Waals surface area contributed by atoms with Gasteiger partial charge in [-0.3, -0.25) is 9.48 Å². The van der Waals surface area contributed by atoms with Crippen molar-refractivity contribution in [2.24, 2.45) is 0 Å². The van der Waals surface area contributed by atoms with Crippen LogP contribution in [0, 0.1) is 13.8 Å². The van der Waals surface area contributed by atoms with E-state index in [1.54, 1.807) is 0 Å². The number of halogens is 1. The van der Waals surface area contributed by atoms with E-state index in [0.29, 0.717) is 19.6 Å². The first-order valence-electron chi connectivity index (χ1n) is 7.18. The fourth-order valence-electron chi connectivity index (χ4n) is 2.67. The van der Waals surface area contributed by atoms with Gasteiger partial charge in [0, 0.05) is 37.2 Å². The van der Waals surface area contributed by atoms with Crippen molar-refractivity contribution in [3.05, 3.63) is 17.0 Å². The van der Waals surface area contributed by atoms with Gasteiger partial charge in [-0.2, -0.15) is 5.10 Å². The maximum Gasteiger partial charge on any atom is 0.258 e. The Morgan fingerprint density at radius 1 is 1.45 bits per heavy atom. The van der Waals surface area contributed by atoms with Gasteiger partial charge in [-0.1, -0.05) is 0 Å². The predicted molar refractivity (Wildman–Crippen MR) is 75.2 cm³/mol. The Labute approximate surface area is 118 Å². The Morgan fingerprint density at radius 3 is 2.65 bits per heavy atom. The first-order valence-corrected chi connectivity index (χ1v) is 7.18. The molecule has 1 amide bonds. The molecule has 2 N–H and O–H groups in total. The van der Waals surface area contributed by atoms with Crippen molar-refractivity contribution in [1.82, 2.24) is 20.4 Å². The number of aromatic nitrogens is 2. The molecule has 1 aromatic rings. The van der Waals surface area contributed by atoms with Crippen LogP contribution in [0.2, 0.25) is 0 Å². The van der Waals surface area contributed by atoms with Gasteiger partial charge in [0.25, 0.3) is 5.91 Å². The van der Waals surface area contributed by atoms with E-state index >= 15 is 0 Å². The molecule has 5 nitrogen and oxygen atoms in total. The van der Waals surface area contributed by atoms with Crippen molar-refractivity contribution in [1.29, 1.82) is 0 Å². The number of nitrogens with zero attached hydrogens (tertiary/aromatic N) is 2. The molecule has 0 unspecified atom stereocenters. The van der Waals surface area contributed by atoms with Crippen LogP contribution in [-0.2, 0) is 17.9 Å². The van der Waals surface area contributed by atoms with Crippen molar-refractivity contribution < 1.29 is 9.18 Å². The molecule has 1 aliphatic rings. The molecule has 112 valence electrons. The number of carbonyl (C=O) groups excluding carboxylic acids is 1. The minimum Gasteiger partial charge on any atom is -0.349 e. The average Bonchev–Trinajstić information content (AvgIpc) is 2.71. The lowest BCUT2D eigenvalue weighted by atomic mass is 9.93. The number of nitrogens with one attached hydrogen (secondary N) is 2. The summed E-state index contributed by atoms with van der Waals surface area (Å²) in [5.74, 6) is -0.498. The van der Waals surface area contributed by atoms with E-state index in [2.05, 4.69) is 15.7 Å². The van der Waals surface area contributed by atoms with Crippen molar-refractivity contribution in [2.75, 3.05) is 13.1 Å². The third kappa shape index (κ3) is 2.85. The number of rotatable bonds is 4. The summed E-state index contributed by atoms with van der Waals surface area (Å²) in [5.41, 5.74) is 1.18. The number of amides is 1. The first-order chi connectivity index (χ1) is 9.48. The normalized spacial score (nSPS) is 18.0. The number of aryl methyl sites for hydroxylation is 2. The van der Waals surface area contributed by atoms with Crippen molar-refractivity contribution in [3.63, 3.8) is 0 Å². The Morgan fingerprint density at radius 2 is 2.10 bits per heavy atom. The van der Waals surface area contributed by atoms with E-state index in [9.17, 15) is 9.18 Å². The summed E-state index contributed by atoms with van der Waals surface area (Å²) in [6.07, 6.45) is 0.482. The summed E-state index contributed by atoms with van der Waals surface area (Å²) in [6, 6.07) is 0. The zero-order chi connectivity index (χ0) is 14.8.